The lowest BCUT2D eigenvalue weighted by molar-refractivity contribution is -0.139. The van der Waals surface area contributed by atoms with Crippen molar-refractivity contribution < 1.29 is 44.7 Å². The highest BCUT2D eigenvalue weighted by atomic mass is 16.4. The predicted molar refractivity (Wildman–Crippen MR) is 136 cm³/mol. The van der Waals surface area contributed by atoms with Crippen LogP contribution in [0.4, 0.5) is 4.79 Å². The summed E-state index contributed by atoms with van der Waals surface area (Å²) in [6, 6.07) is 9.21. The van der Waals surface area contributed by atoms with Crippen LogP contribution in [0.25, 0.3) is 0 Å². The van der Waals surface area contributed by atoms with Gasteiger partial charge in [-0.3, -0.25) is 14.4 Å². The standard InChI is InChI=1S/2C9H11NO3.C6H7N3O3/c2*10-8(9(12)13)5-6-1-3-7(11)4-2-6;7-4(5(10)11)1-3-2-8-6(12)9-3/h2*1-4,8,11H,5,10H2,(H,12,13);2,4H,1,7H2,(H,10,11)/t2*8-;4-/m000/s1. The second-order valence-corrected chi connectivity index (χ2v) is 7.92. The van der Waals surface area contributed by atoms with Gasteiger partial charge in [-0.1, -0.05) is 24.3 Å². The van der Waals surface area contributed by atoms with Gasteiger partial charge in [-0.2, -0.15) is 9.98 Å². The van der Waals surface area contributed by atoms with Crippen LogP contribution >= 0.6 is 0 Å². The van der Waals surface area contributed by atoms with Crippen molar-refractivity contribution in [3.8, 4) is 11.5 Å². The number of carbonyl (C=O) groups excluding carboxylic acids is 1. The molecule has 204 valence electrons. The van der Waals surface area contributed by atoms with Crippen LogP contribution in [0.1, 0.15) is 17.5 Å². The first kappa shape index (κ1) is 31.4. The summed E-state index contributed by atoms with van der Waals surface area (Å²) in [4.78, 5) is 48.2. The molecule has 0 aromatic heterocycles. The van der Waals surface area contributed by atoms with E-state index in [0.717, 1.165) is 11.1 Å². The van der Waals surface area contributed by atoms with Crippen LogP contribution in [0.2, 0.25) is 0 Å². The van der Waals surface area contributed by atoms with Gasteiger partial charge in [-0.15, -0.1) is 0 Å². The van der Waals surface area contributed by atoms with Crippen molar-refractivity contribution in [3.05, 3.63) is 59.7 Å². The first-order valence-corrected chi connectivity index (χ1v) is 10.9. The van der Waals surface area contributed by atoms with Crippen molar-refractivity contribution in [2.75, 3.05) is 0 Å². The fraction of sp³-hybridized carbons (Fsp3) is 0.250. The van der Waals surface area contributed by atoms with E-state index in [1.165, 1.54) is 30.5 Å². The molecule has 38 heavy (non-hydrogen) atoms. The first-order valence-electron chi connectivity index (χ1n) is 10.9. The van der Waals surface area contributed by atoms with Gasteiger partial charge in [0.05, 0.1) is 11.9 Å². The number of phenols is 2. The van der Waals surface area contributed by atoms with E-state index in [4.69, 9.17) is 42.7 Å². The number of nitrogens with two attached hydrogens (primary N) is 3. The smallest absolute Gasteiger partial charge is 0.367 e. The van der Waals surface area contributed by atoms with Crippen LogP contribution in [-0.2, 0) is 27.2 Å². The van der Waals surface area contributed by atoms with Gasteiger partial charge >= 0.3 is 23.9 Å². The molecule has 0 saturated carbocycles. The normalized spacial score (nSPS) is 14.1. The Balaban J connectivity index is 0.000000285. The minimum Gasteiger partial charge on any atom is -0.508 e. The fourth-order valence-electron chi connectivity index (χ4n) is 2.67. The van der Waals surface area contributed by atoms with E-state index in [1.807, 2.05) is 0 Å². The van der Waals surface area contributed by atoms with E-state index >= 15 is 0 Å². The van der Waals surface area contributed by atoms with E-state index in [0.29, 0.717) is 5.71 Å². The van der Waals surface area contributed by atoms with Gasteiger partial charge in [-0.25, -0.2) is 4.79 Å². The number of phenolic OH excluding ortho intramolecular Hbond substituents is 2. The monoisotopic (exact) mass is 531 g/mol. The van der Waals surface area contributed by atoms with Gasteiger partial charge in [0, 0.05) is 6.42 Å². The summed E-state index contributed by atoms with van der Waals surface area (Å²) in [5.74, 6) is -2.84. The highest BCUT2D eigenvalue weighted by Gasteiger charge is 2.17. The summed E-state index contributed by atoms with van der Waals surface area (Å²) in [5.41, 5.74) is 17.7. The summed E-state index contributed by atoms with van der Waals surface area (Å²) in [6.45, 7) is 0. The number of urea groups is 1. The molecule has 2 aromatic carbocycles. The minimum absolute atomic E-state index is 0.0323. The zero-order valence-electron chi connectivity index (χ0n) is 20.0. The van der Waals surface area contributed by atoms with Crippen molar-refractivity contribution in [2.24, 2.45) is 27.2 Å². The van der Waals surface area contributed by atoms with E-state index in [-0.39, 0.29) is 30.8 Å². The molecule has 1 heterocycles. The maximum absolute atomic E-state index is 10.4. The average Bonchev–Trinajstić information content (AvgIpc) is 3.27. The highest BCUT2D eigenvalue weighted by Crippen LogP contribution is 2.11. The van der Waals surface area contributed by atoms with Crippen molar-refractivity contribution >= 4 is 35.9 Å². The number of aliphatic carboxylic acids is 3. The topological polar surface area (TPSA) is 272 Å². The number of carbonyl (C=O) groups is 4. The SMILES string of the molecule is N[C@@H](CC1=NC(=O)N=C1)C(=O)O.N[C@@H](Cc1ccc(O)cc1)C(=O)O.N[C@@H](Cc1ccc(O)cc1)C(=O)O. The summed E-state index contributed by atoms with van der Waals surface area (Å²) in [5, 5.41) is 43.4. The second kappa shape index (κ2) is 15.5. The molecular weight excluding hydrogens is 502 g/mol. The lowest BCUT2D eigenvalue weighted by Gasteiger charge is -2.05. The number of hydrogen-bond acceptors (Lipinski definition) is 9. The van der Waals surface area contributed by atoms with E-state index < -0.39 is 42.1 Å². The predicted octanol–water partition coefficient (Wildman–Crippen LogP) is 0.127. The third kappa shape index (κ3) is 12.3. The third-order valence-corrected chi connectivity index (χ3v) is 4.73. The maximum Gasteiger partial charge on any atom is 0.367 e. The summed E-state index contributed by atoms with van der Waals surface area (Å²) < 4.78 is 0. The molecule has 0 spiro atoms. The van der Waals surface area contributed by atoms with Crippen LogP contribution in [-0.4, -0.2) is 79.5 Å². The molecule has 3 rings (SSSR count). The van der Waals surface area contributed by atoms with Crippen LogP contribution < -0.4 is 17.2 Å². The molecule has 0 bridgehead atoms. The number of amides is 2. The van der Waals surface area contributed by atoms with Crippen LogP contribution in [0.3, 0.4) is 0 Å². The molecule has 14 heteroatoms. The zero-order chi connectivity index (χ0) is 28.8. The molecule has 11 N–H and O–H groups in total. The number of carboxylic acids is 3. The molecule has 3 atom stereocenters. The molecular formula is C24H29N5O9. The number of aliphatic imine (C=N–C) groups is 2. The Morgan fingerprint density at radius 3 is 1.29 bits per heavy atom. The van der Waals surface area contributed by atoms with Gasteiger partial charge in [0.15, 0.2) is 0 Å². The molecule has 14 nitrogen and oxygen atoms in total. The molecule has 2 aromatic rings. The Morgan fingerprint density at radius 2 is 1.00 bits per heavy atom. The summed E-state index contributed by atoms with van der Waals surface area (Å²) >= 11 is 0. The van der Waals surface area contributed by atoms with Gasteiger partial charge in [-0.05, 0) is 48.2 Å². The molecule has 1 aliphatic heterocycles. The average molecular weight is 532 g/mol. The number of rotatable bonds is 9. The largest absolute Gasteiger partial charge is 0.508 e. The number of nitrogens with zero attached hydrogens (tertiary/aromatic N) is 2. The van der Waals surface area contributed by atoms with Gasteiger partial charge in [0.2, 0.25) is 0 Å². The quantitative estimate of drug-likeness (QED) is 0.214. The van der Waals surface area contributed by atoms with E-state index in [1.54, 1.807) is 24.3 Å². The number of benzene rings is 2. The summed E-state index contributed by atoms with van der Waals surface area (Å²) in [7, 11) is 0. The van der Waals surface area contributed by atoms with Gasteiger partial charge in [0.1, 0.15) is 29.6 Å². The zero-order valence-corrected chi connectivity index (χ0v) is 20.0. The Labute approximate surface area is 216 Å². The Hall–Kier alpha value is -4.66. The molecule has 0 fully saturated rings. The van der Waals surface area contributed by atoms with Crippen molar-refractivity contribution in [3.63, 3.8) is 0 Å². The Morgan fingerprint density at radius 1 is 0.658 bits per heavy atom. The minimum atomic E-state index is -1.12. The van der Waals surface area contributed by atoms with Crippen molar-refractivity contribution in [1.29, 1.82) is 0 Å². The lowest BCUT2D eigenvalue weighted by atomic mass is 10.1. The molecule has 0 aliphatic carbocycles. The van der Waals surface area contributed by atoms with Crippen molar-refractivity contribution in [1.82, 2.24) is 0 Å². The second-order valence-electron chi connectivity index (χ2n) is 7.92. The van der Waals surface area contributed by atoms with Crippen LogP contribution in [0.15, 0.2) is 58.5 Å². The number of hydrogen-bond donors (Lipinski definition) is 8. The maximum atomic E-state index is 10.4. The number of carboxylic acid groups (broad SMARTS) is 3. The Bertz CT molecular complexity index is 1100. The third-order valence-electron chi connectivity index (χ3n) is 4.73. The van der Waals surface area contributed by atoms with E-state index in [2.05, 4.69) is 9.98 Å². The summed E-state index contributed by atoms with van der Waals surface area (Å²) in [6.07, 6.45) is 1.81. The first-order chi connectivity index (χ1) is 17.8. The van der Waals surface area contributed by atoms with Gasteiger partial charge in [0.25, 0.3) is 0 Å². The van der Waals surface area contributed by atoms with Crippen LogP contribution in [0, 0.1) is 0 Å². The molecule has 0 radical (unpaired) electrons. The number of aromatic hydroxyl groups is 2. The molecule has 0 saturated heterocycles. The van der Waals surface area contributed by atoms with Crippen LogP contribution in [0.5, 0.6) is 11.5 Å². The Kier molecular flexibility index (Phi) is 12.8. The molecule has 0 unspecified atom stereocenters. The van der Waals surface area contributed by atoms with Crippen molar-refractivity contribution in [2.45, 2.75) is 37.4 Å². The fourth-order valence-corrected chi connectivity index (χ4v) is 2.67. The van der Waals surface area contributed by atoms with E-state index in [9.17, 15) is 19.2 Å². The highest BCUT2D eigenvalue weighted by molar-refractivity contribution is 6.37. The van der Waals surface area contributed by atoms with Gasteiger partial charge < -0.3 is 42.7 Å². The lowest BCUT2D eigenvalue weighted by Crippen LogP contribution is -2.32. The molecule has 1 aliphatic rings. The molecule has 2 amide bonds.